The Kier molecular flexibility index (Phi) is 5.01. The summed E-state index contributed by atoms with van der Waals surface area (Å²) in [5, 5.41) is 4.36. The molecule has 0 aliphatic carbocycles. The van der Waals surface area contributed by atoms with Crippen LogP contribution < -0.4 is 14.8 Å². The van der Waals surface area contributed by atoms with E-state index in [9.17, 15) is 0 Å². The number of H-pyrrole nitrogens is 1. The van der Waals surface area contributed by atoms with Gasteiger partial charge in [-0.1, -0.05) is 12.1 Å². The fourth-order valence-corrected chi connectivity index (χ4v) is 3.23. The quantitative estimate of drug-likeness (QED) is 0.699. The SMILES string of the molecule is CNCCC(c1cccnc1OC)c1c[nH]c2cccc(OC)c12. The number of ether oxygens (including phenoxy) is 2. The molecular weight excluding hydrogens is 302 g/mol. The molecule has 1 aromatic carbocycles. The summed E-state index contributed by atoms with van der Waals surface area (Å²) in [6, 6.07) is 10.1. The molecule has 0 spiro atoms. The number of hydrogen-bond acceptors (Lipinski definition) is 4. The second-order valence-electron chi connectivity index (χ2n) is 5.67. The lowest BCUT2D eigenvalue weighted by Crippen LogP contribution is -2.14. The molecule has 0 aliphatic heterocycles. The molecule has 3 aromatic rings. The first-order chi connectivity index (χ1) is 11.8. The van der Waals surface area contributed by atoms with Crippen LogP contribution >= 0.6 is 0 Å². The number of methoxy groups -OCH3 is 2. The number of benzene rings is 1. The second kappa shape index (κ2) is 7.36. The highest BCUT2D eigenvalue weighted by molar-refractivity contribution is 5.90. The fourth-order valence-electron chi connectivity index (χ4n) is 3.23. The molecule has 126 valence electrons. The Labute approximate surface area is 142 Å². The molecule has 24 heavy (non-hydrogen) atoms. The average Bonchev–Trinajstić information content (AvgIpc) is 3.06. The van der Waals surface area contributed by atoms with Gasteiger partial charge >= 0.3 is 0 Å². The van der Waals surface area contributed by atoms with Crippen LogP contribution in [-0.4, -0.2) is 37.8 Å². The van der Waals surface area contributed by atoms with Gasteiger partial charge in [0.15, 0.2) is 0 Å². The first kappa shape index (κ1) is 16.3. The Morgan fingerprint density at radius 2 is 2.00 bits per heavy atom. The smallest absolute Gasteiger partial charge is 0.216 e. The van der Waals surface area contributed by atoms with Gasteiger partial charge in [0, 0.05) is 34.8 Å². The predicted molar refractivity (Wildman–Crippen MR) is 96.0 cm³/mol. The van der Waals surface area contributed by atoms with Gasteiger partial charge in [-0.15, -0.1) is 0 Å². The average molecular weight is 325 g/mol. The van der Waals surface area contributed by atoms with Gasteiger partial charge in [0.05, 0.1) is 14.2 Å². The first-order valence-electron chi connectivity index (χ1n) is 8.07. The van der Waals surface area contributed by atoms with E-state index in [1.54, 1.807) is 20.4 Å². The lowest BCUT2D eigenvalue weighted by molar-refractivity contribution is 0.389. The molecular formula is C19H23N3O2. The molecule has 0 saturated carbocycles. The molecule has 2 N–H and O–H groups in total. The summed E-state index contributed by atoms with van der Waals surface area (Å²) in [6.07, 6.45) is 4.76. The van der Waals surface area contributed by atoms with Crippen LogP contribution in [0.4, 0.5) is 0 Å². The van der Waals surface area contributed by atoms with Crippen molar-refractivity contribution in [3.63, 3.8) is 0 Å². The molecule has 0 saturated heterocycles. The third kappa shape index (κ3) is 2.95. The number of nitrogens with zero attached hydrogens (tertiary/aromatic N) is 1. The first-order valence-corrected chi connectivity index (χ1v) is 8.07. The maximum Gasteiger partial charge on any atom is 0.216 e. The van der Waals surface area contributed by atoms with Crippen LogP contribution in [0.3, 0.4) is 0 Å². The zero-order valence-electron chi connectivity index (χ0n) is 14.3. The Hall–Kier alpha value is -2.53. The van der Waals surface area contributed by atoms with Gasteiger partial charge < -0.3 is 19.8 Å². The Morgan fingerprint density at radius 1 is 1.12 bits per heavy atom. The Morgan fingerprint density at radius 3 is 2.75 bits per heavy atom. The number of pyridine rings is 1. The monoisotopic (exact) mass is 325 g/mol. The van der Waals surface area contributed by atoms with Gasteiger partial charge in [0.2, 0.25) is 5.88 Å². The number of fused-ring (bicyclic) bond motifs is 1. The summed E-state index contributed by atoms with van der Waals surface area (Å²) in [5.74, 6) is 1.70. The minimum absolute atomic E-state index is 0.158. The maximum absolute atomic E-state index is 5.59. The van der Waals surface area contributed by atoms with Crippen molar-refractivity contribution < 1.29 is 9.47 Å². The van der Waals surface area contributed by atoms with E-state index in [0.717, 1.165) is 35.2 Å². The third-order valence-electron chi connectivity index (χ3n) is 4.35. The molecule has 3 rings (SSSR count). The van der Waals surface area contributed by atoms with Crippen LogP contribution in [0.2, 0.25) is 0 Å². The standard InChI is InChI=1S/C19H23N3O2/c1-20-11-9-13(14-6-5-10-21-19(14)24-3)15-12-22-16-7-4-8-17(23-2)18(15)16/h4-8,10,12-13,20,22H,9,11H2,1-3H3. The van der Waals surface area contributed by atoms with Crippen molar-refractivity contribution in [1.82, 2.24) is 15.3 Å². The predicted octanol–water partition coefficient (Wildman–Crippen LogP) is 3.32. The summed E-state index contributed by atoms with van der Waals surface area (Å²) >= 11 is 0. The van der Waals surface area contributed by atoms with Gasteiger partial charge in [-0.2, -0.15) is 0 Å². The summed E-state index contributed by atoms with van der Waals surface area (Å²) in [7, 11) is 5.34. The molecule has 5 heteroatoms. The second-order valence-corrected chi connectivity index (χ2v) is 5.67. The zero-order valence-corrected chi connectivity index (χ0v) is 14.3. The highest BCUT2D eigenvalue weighted by Gasteiger charge is 2.23. The Bertz CT molecular complexity index is 813. The maximum atomic E-state index is 5.59. The van der Waals surface area contributed by atoms with Gasteiger partial charge in [-0.25, -0.2) is 4.98 Å². The van der Waals surface area contributed by atoms with Crippen LogP contribution in [0, 0.1) is 0 Å². The number of aromatic nitrogens is 2. The molecule has 2 heterocycles. The minimum atomic E-state index is 0.158. The summed E-state index contributed by atoms with van der Waals surface area (Å²) in [6.45, 7) is 0.893. The van der Waals surface area contributed by atoms with Gasteiger partial charge in [-0.05, 0) is 43.8 Å². The molecule has 0 fully saturated rings. The topological polar surface area (TPSA) is 59.2 Å². The van der Waals surface area contributed by atoms with E-state index in [4.69, 9.17) is 9.47 Å². The number of nitrogens with one attached hydrogen (secondary N) is 2. The number of rotatable bonds is 7. The molecule has 1 unspecified atom stereocenters. The van der Waals surface area contributed by atoms with E-state index in [-0.39, 0.29) is 5.92 Å². The third-order valence-corrected chi connectivity index (χ3v) is 4.35. The Balaban J connectivity index is 2.16. The molecule has 2 aromatic heterocycles. The summed E-state index contributed by atoms with van der Waals surface area (Å²) in [4.78, 5) is 7.74. The number of hydrogen-bond donors (Lipinski definition) is 2. The fraction of sp³-hybridized carbons (Fsp3) is 0.316. The van der Waals surface area contributed by atoms with Crippen molar-refractivity contribution in [2.45, 2.75) is 12.3 Å². The molecule has 1 atom stereocenters. The molecule has 5 nitrogen and oxygen atoms in total. The van der Waals surface area contributed by atoms with Crippen LogP contribution in [-0.2, 0) is 0 Å². The minimum Gasteiger partial charge on any atom is -0.496 e. The summed E-state index contributed by atoms with van der Waals surface area (Å²) in [5.41, 5.74) is 3.35. The molecule has 0 aliphatic rings. The van der Waals surface area contributed by atoms with Gasteiger partial charge in [0.1, 0.15) is 5.75 Å². The molecule has 0 bridgehead atoms. The van der Waals surface area contributed by atoms with Crippen LogP contribution in [0.15, 0.2) is 42.7 Å². The largest absolute Gasteiger partial charge is 0.496 e. The van der Waals surface area contributed by atoms with Crippen molar-refractivity contribution in [2.75, 3.05) is 27.8 Å². The van der Waals surface area contributed by atoms with Crippen molar-refractivity contribution >= 4 is 10.9 Å². The van der Waals surface area contributed by atoms with E-state index >= 15 is 0 Å². The van der Waals surface area contributed by atoms with E-state index in [0.29, 0.717) is 5.88 Å². The summed E-state index contributed by atoms with van der Waals surface area (Å²) < 4.78 is 11.1. The van der Waals surface area contributed by atoms with E-state index in [1.807, 2.05) is 25.2 Å². The lowest BCUT2D eigenvalue weighted by atomic mass is 9.88. The zero-order chi connectivity index (χ0) is 16.9. The van der Waals surface area contributed by atoms with Crippen LogP contribution in [0.25, 0.3) is 10.9 Å². The van der Waals surface area contributed by atoms with Crippen molar-refractivity contribution in [2.24, 2.45) is 0 Å². The van der Waals surface area contributed by atoms with Gasteiger partial charge in [0.25, 0.3) is 0 Å². The van der Waals surface area contributed by atoms with Crippen molar-refractivity contribution in [3.05, 3.63) is 53.9 Å². The normalized spacial score (nSPS) is 12.3. The van der Waals surface area contributed by atoms with E-state index < -0.39 is 0 Å². The highest BCUT2D eigenvalue weighted by Crippen LogP contribution is 2.39. The lowest BCUT2D eigenvalue weighted by Gasteiger charge is -2.19. The van der Waals surface area contributed by atoms with Crippen LogP contribution in [0.5, 0.6) is 11.6 Å². The van der Waals surface area contributed by atoms with Gasteiger partial charge in [-0.3, -0.25) is 0 Å². The molecule has 0 amide bonds. The number of aromatic amines is 1. The van der Waals surface area contributed by atoms with E-state index in [2.05, 4.69) is 33.6 Å². The van der Waals surface area contributed by atoms with Crippen molar-refractivity contribution in [1.29, 1.82) is 0 Å². The van der Waals surface area contributed by atoms with E-state index in [1.165, 1.54) is 5.56 Å². The molecule has 0 radical (unpaired) electrons. The van der Waals surface area contributed by atoms with Crippen LogP contribution in [0.1, 0.15) is 23.5 Å². The van der Waals surface area contributed by atoms with Crippen molar-refractivity contribution in [3.8, 4) is 11.6 Å². The highest BCUT2D eigenvalue weighted by atomic mass is 16.5.